The van der Waals surface area contributed by atoms with Gasteiger partial charge in [0.1, 0.15) is 5.82 Å². The van der Waals surface area contributed by atoms with Gasteiger partial charge in [0, 0.05) is 37.4 Å². The van der Waals surface area contributed by atoms with Crippen molar-refractivity contribution in [2.45, 2.75) is 6.61 Å². The third-order valence-corrected chi connectivity index (χ3v) is 3.22. The quantitative estimate of drug-likeness (QED) is 0.796. The molecule has 0 radical (unpaired) electrons. The first-order chi connectivity index (χ1) is 10.3. The van der Waals surface area contributed by atoms with E-state index in [4.69, 9.17) is 4.74 Å². The predicted octanol–water partition coefficient (Wildman–Crippen LogP) is 2.88. The van der Waals surface area contributed by atoms with Gasteiger partial charge in [-0.05, 0) is 12.1 Å². The maximum atomic E-state index is 5.18. The fourth-order valence-corrected chi connectivity index (χ4v) is 2.26. The molecule has 2 heterocycles. The fourth-order valence-electron chi connectivity index (χ4n) is 2.26. The summed E-state index contributed by atoms with van der Waals surface area (Å²) in [5.74, 6) is 1.44. The van der Waals surface area contributed by atoms with Gasteiger partial charge in [-0.3, -0.25) is 4.98 Å². The summed E-state index contributed by atoms with van der Waals surface area (Å²) >= 11 is 0. The Labute approximate surface area is 123 Å². The van der Waals surface area contributed by atoms with Crippen molar-refractivity contribution in [3.05, 3.63) is 48.3 Å². The van der Waals surface area contributed by atoms with Gasteiger partial charge < -0.3 is 10.1 Å². The Morgan fingerprint density at radius 2 is 2.00 bits per heavy atom. The lowest BCUT2D eigenvalue weighted by atomic mass is 10.1. The van der Waals surface area contributed by atoms with E-state index in [0.29, 0.717) is 12.4 Å². The van der Waals surface area contributed by atoms with Crippen LogP contribution in [0.4, 0.5) is 5.82 Å². The number of ether oxygens (including phenoxy) is 1. The van der Waals surface area contributed by atoms with Crippen LogP contribution in [0.15, 0.2) is 42.6 Å². The normalized spacial score (nSPS) is 10.8. The van der Waals surface area contributed by atoms with Crippen LogP contribution in [0.2, 0.25) is 0 Å². The van der Waals surface area contributed by atoms with Crippen molar-refractivity contribution in [1.82, 2.24) is 15.0 Å². The largest absolute Gasteiger partial charge is 0.378 e. The van der Waals surface area contributed by atoms with E-state index in [2.05, 4.69) is 20.3 Å². The lowest BCUT2D eigenvalue weighted by molar-refractivity contribution is 0.181. The van der Waals surface area contributed by atoms with Gasteiger partial charge in [-0.1, -0.05) is 18.2 Å². The number of benzene rings is 1. The van der Waals surface area contributed by atoms with Gasteiger partial charge in [0.05, 0.1) is 17.8 Å². The van der Waals surface area contributed by atoms with E-state index in [9.17, 15) is 0 Å². The molecule has 0 bridgehead atoms. The van der Waals surface area contributed by atoms with Gasteiger partial charge in [0.25, 0.3) is 0 Å². The zero-order chi connectivity index (χ0) is 14.7. The number of nitrogens with one attached hydrogen (secondary N) is 1. The van der Waals surface area contributed by atoms with Crippen LogP contribution in [-0.4, -0.2) is 29.1 Å². The van der Waals surface area contributed by atoms with Crippen molar-refractivity contribution in [2.75, 3.05) is 19.5 Å². The SMILES string of the molecule is CNc1cc(COC)nc(-c2ccnc3ccccc23)n1. The molecular formula is C16H16N4O. The number of anilines is 1. The molecule has 0 atom stereocenters. The summed E-state index contributed by atoms with van der Waals surface area (Å²) in [7, 11) is 3.50. The van der Waals surface area contributed by atoms with E-state index in [1.165, 1.54) is 0 Å². The summed E-state index contributed by atoms with van der Waals surface area (Å²) in [4.78, 5) is 13.5. The van der Waals surface area contributed by atoms with Gasteiger partial charge in [0.15, 0.2) is 5.82 Å². The Kier molecular flexibility index (Phi) is 3.75. The molecule has 5 nitrogen and oxygen atoms in total. The molecule has 3 aromatic rings. The maximum Gasteiger partial charge on any atom is 0.162 e. The van der Waals surface area contributed by atoms with Crippen LogP contribution in [0.5, 0.6) is 0 Å². The number of hydrogen-bond acceptors (Lipinski definition) is 5. The number of aromatic nitrogens is 3. The lowest BCUT2D eigenvalue weighted by Crippen LogP contribution is -2.02. The monoisotopic (exact) mass is 280 g/mol. The lowest BCUT2D eigenvalue weighted by Gasteiger charge is -2.09. The van der Waals surface area contributed by atoms with Crippen LogP contribution in [0.3, 0.4) is 0 Å². The van der Waals surface area contributed by atoms with Crippen LogP contribution < -0.4 is 5.32 Å². The second-order valence-corrected chi connectivity index (χ2v) is 4.63. The average Bonchev–Trinajstić information content (AvgIpc) is 2.54. The van der Waals surface area contributed by atoms with Crippen LogP contribution in [0.25, 0.3) is 22.3 Å². The zero-order valence-electron chi connectivity index (χ0n) is 12.0. The number of fused-ring (bicyclic) bond motifs is 1. The Hall–Kier alpha value is -2.53. The number of rotatable bonds is 4. The van der Waals surface area contributed by atoms with Crippen LogP contribution >= 0.6 is 0 Å². The van der Waals surface area contributed by atoms with E-state index < -0.39 is 0 Å². The first kappa shape index (κ1) is 13.5. The van der Waals surface area contributed by atoms with E-state index in [-0.39, 0.29) is 0 Å². The van der Waals surface area contributed by atoms with Crippen molar-refractivity contribution in [1.29, 1.82) is 0 Å². The zero-order valence-corrected chi connectivity index (χ0v) is 12.0. The highest BCUT2D eigenvalue weighted by Gasteiger charge is 2.10. The van der Waals surface area contributed by atoms with E-state index in [1.807, 2.05) is 43.4 Å². The minimum Gasteiger partial charge on any atom is -0.378 e. The summed E-state index contributed by atoms with van der Waals surface area (Å²) in [6.07, 6.45) is 1.78. The Bertz CT molecular complexity index is 768. The molecule has 5 heteroatoms. The summed E-state index contributed by atoms with van der Waals surface area (Å²) in [5, 5.41) is 4.10. The number of pyridine rings is 1. The molecule has 0 amide bonds. The minimum atomic E-state index is 0.452. The van der Waals surface area contributed by atoms with Crippen molar-refractivity contribution < 1.29 is 4.74 Å². The smallest absolute Gasteiger partial charge is 0.162 e. The third-order valence-electron chi connectivity index (χ3n) is 3.22. The van der Waals surface area contributed by atoms with Crippen molar-refractivity contribution in [3.8, 4) is 11.4 Å². The first-order valence-corrected chi connectivity index (χ1v) is 6.70. The van der Waals surface area contributed by atoms with Gasteiger partial charge in [-0.2, -0.15) is 0 Å². The maximum absolute atomic E-state index is 5.18. The average molecular weight is 280 g/mol. The Morgan fingerprint density at radius 3 is 2.81 bits per heavy atom. The molecule has 21 heavy (non-hydrogen) atoms. The molecule has 3 rings (SSSR count). The Balaban J connectivity index is 2.20. The van der Waals surface area contributed by atoms with Gasteiger partial charge in [0.2, 0.25) is 0 Å². The summed E-state index contributed by atoms with van der Waals surface area (Å²) in [5.41, 5.74) is 2.74. The molecule has 0 saturated carbocycles. The number of hydrogen-bond donors (Lipinski definition) is 1. The molecule has 0 spiro atoms. The van der Waals surface area contributed by atoms with Crippen molar-refractivity contribution in [2.24, 2.45) is 0 Å². The molecule has 0 aliphatic rings. The van der Waals surface area contributed by atoms with E-state index >= 15 is 0 Å². The highest BCUT2D eigenvalue weighted by molar-refractivity contribution is 5.92. The fraction of sp³-hybridized carbons (Fsp3) is 0.188. The summed E-state index contributed by atoms with van der Waals surface area (Å²) in [6, 6.07) is 11.8. The van der Waals surface area contributed by atoms with Crippen LogP contribution in [-0.2, 0) is 11.3 Å². The first-order valence-electron chi connectivity index (χ1n) is 6.70. The molecule has 2 aromatic heterocycles. The number of methoxy groups -OCH3 is 1. The molecule has 0 unspecified atom stereocenters. The molecule has 1 N–H and O–H groups in total. The molecule has 0 aliphatic heterocycles. The highest BCUT2D eigenvalue weighted by Crippen LogP contribution is 2.25. The van der Waals surface area contributed by atoms with Crippen molar-refractivity contribution in [3.63, 3.8) is 0 Å². The van der Waals surface area contributed by atoms with E-state index in [0.717, 1.165) is 28.0 Å². The molecule has 106 valence electrons. The topological polar surface area (TPSA) is 59.9 Å². The van der Waals surface area contributed by atoms with Crippen LogP contribution in [0, 0.1) is 0 Å². The second kappa shape index (κ2) is 5.85. The molecule has 1 aromatic carbocycles. The van der Waals surface area contributed by atoms with Gasteiger partial charge >= 0.3 is 0 Å². The Morgan fingerprint density at radius 1 is 1.14 bits per heavy atom. The molecule has 0 saturated heterocycles. The highest BCUT2D eigenvalue weighted by atomic mass is 16.5. The number of para-hydroxylation sites is 1. The van der Waals surface area contributed by atoms with Gasteiger partial charge in [-0.25, -0.2) is 9.97 Å². The molecular weight excluding hydrogens is 264 g/mol. The molecule has 0 fully saturated rings. The van der Waals surface area contributed by atoms with Gasteiger partial charge in [-0.15, -0.1) is 0 Å². The second-order valence-electron chi connectivity index (χ2n) is 4.63. The minimum absolute atomic E-state index is 0.452. The standard InChI is InChI=1S/C16H16N4O/c1-17-15-9-11(10-21-2)19-16(20-15)13-7-8-18-14-6-4-3-5-12(13)14/h3-9H,10H2,1-2H3,(H,17,19,20). The van der Waals surface area contributed by atoms with E-state index in [1.54, 1.807) is 13.3 Å². The summed E-state index contributed by atoms with van der Waals surface area (Å²) in [6.45, 7) is 0.452. The predicted molar refractivity (Wildman–Crippen MR) is 83.0 cm³/mol. The molecule has 0 aliphatic carbocycles. The number of nitrogens with zero attached hydrogens (tertiary/aromatic N) is 3. The van der Waals surface area contributed by atoms with Crippen molar-refractivity contribution >= 4 is 16.7 Å². The third kappa shape index (κ3) is 2.68. The summed E-state index contributed by atoms with van der Waals surface area (Å²) < 4.78 is 5.18. The van der Waals surface area contributed by atoms with Crippen LogP contribution in [0.1, 0.15) is 5.69 Å².